The highest BCUT2D eigenvalue weighted by atomic mass is 32.2. The van der Waals surface area contributed by atoms with Gasteiger partial charge in [0.25, 0.3) is 5.91 Å². The van der Waals surface area contributed by atoms with E-state index in [9.17, 15) is 13.2 Å². The van der Waals surface area contributed by atoms with Gasteiger partial charge in [-0.05, 0) is 56.2 Å². The highest BCUT2D eigenvalue weighted by molar-refractivity contribution is 7.89. The van der Waals surface area contributed by atoms with Crippen molar-refractivity contribution in [3.05, 3.63) is 42.0 Å². The van der Waals surface area contributed by atoms with Crippen LogP contribution in [0.1, 0.15) is 36.5 Å². The summed E-state index contributed by atoms with van der Waals surface area (Å²) in [6.07, 6.45) is 2.76. The normalized spacial score (nSPS) is 17.3. The van der Waals surface area contributed by atoms with Gasteiger partial charge in [-0.3, -0.25) is 10.1 Å². The molecule has 0 unspecified atom stereocenters. The first-order chi connectivity index (χ1) is 15.3. The summed E-state index contributed by atoms with van der Waals surface area (Å²) < 4.78 is 39.0. The Morgan fingerprint density at radius 2 is 1.78 bits per heavy atom. The molecule has 0 saturated carbocycles. The molecule has 10 heteroatoms. The molecule has 0 spiro atoms. The summed E-state index contributed by atoms with van der Waals surface area (Å²) in [5, 5.41) is 3.17. The largest absolute Gasteiger partial charge is 0.495 e. The third-order valence-corrected chi connectivity index (χ3v) is 8.61. The SMILES string of the molecule is COc1ccc(OC)c2sc(NC(=O)c3ccc(S(=O)(=O)N4CCCC[C@H]4C)cc3)nc12. The van der Waals surface area contributed by atoms with Crippen LogP contribution in [0.3, 0.4) is 0 Å². The predicted molar refractivity (Wildman–Crippen MR) is 124 cm³/mol. The number of amides is 1. The fourth-order valence-corrected chi connectivity index (χ4v) is 6.52. The summed E-state index contributed by atoms with van der Waals surface area (Å²) >= 11 is 1.28. The van der Waals surface area contributed by atoms with Crippen molar-refractivity contribution in [2.24, 2.45) is 0 Å². The molecule has 32 heavy (non-hydrogen) atoms. The average Bonchev–Trinajstić information content (AvgIpc) is 3.22. The maximum atomic E-state index is 13.0. The van der Waals surface area contributed by atoms with E-state index in [1.807, 2.05) is 6.92 Å². The number of sulfonamides is 1. The smallest absolute Gasteiger partial charge is 0.257 e. The van der Waals surface area contributed by atoms with Gasteiger partial charge in [-0.2, -0.15) is 4.31 Å². The Hall–Kier alpha value is -2.69. The Kier molecular flexibility index (Phi) is 6.36. The Balaban J connectivity index is 1.55. The van der Waals surface area contributed by atoms with Crippen LogP contribution in [0.15, 0.2) is 41.3 Å². The molecule has 4 rings (SSSR count). The number of methoxy groups -OCH3 is 2. The number of fused-ring (bicyclic) bond motifs is 1. The van der Waals surface area contributed by atoms with Gasteiger partial charge in [0.2, 0.25) is 10.0 Å². The standard InChI is InChI=1S/C22H25N3O5S2/c1-14-6-4-5-13-25(14)32(27,28)16-9-7-15(8-10-16)21(26)24-22-23-19-17(29-2)11-12-18(30-3)20(19)31-22/h7-12,14H,4-6,13H2,1-3H3,(H,23,24,26)/t14-/m1/s1. The van der Waals surface area contributed by atoms with E-state index in [-0.39, 0.29) is 16.8 Å². The number of rotatable bonds is 6. The first kappa shape index (κ1) is 22.5. The first-order valence-electron chi connectivity index (χ1n) is 10.3. The van der Waals surface area contributed by atoms with Crippen LogP contribution >= 0.6 is 11.3 Å². The van der Waals surface area contributed by atoms with E-state index in [4.69, 9.17) is 9.47 Å². The van der Waals surface area contributed by atoms with E-state index in [0.29, 0.717) is 34.3 Å². The van der Waals surface area contributed by atoms with Crippen molar-refractivity contribution in [1.82, 2.24) is 9.29 Å². The predicted octanol–water partition coefficient (Wildman–Crippen LogP) is 4.13. The number of piperidine rings is 1. The van der Waals surface area contributed by atoms with Gasteiger partial charge in [-0.15, -0.1) is 0 Å². The Labute approximate surface area is 191 Å². The molecule has 0 aliphatic carbocycles. The van der Waals surface area contributed by atoms with Crippen molar-refractivity contribution in [2.75, 3.05) is 26.1 Å². The number of carbonyl (C=O) groups excluding carboxylic acids is 1. The Morgan fingerprint density at radius 3 is 2.44 bits per heavy atom. The lowest BCUT2D eigenvalue weighted by atomic mass is 10.1. The molecular formula is C22H25N3O5S2. The number of ether oxygens (including phenoxy) is 2. The summed E-state index contributed by atoms with van der Waals surface area (Å²) in [7, 11) is -0.458. The van der Waals surface area contributed by atoms with Crippen LogP contribution < -0.4 is 14.8 Å². The second kappa shape index (κ2) is 9.05. The number of hydrogen-bond donors (Lipinski definition) is 1. The van der Waals surface area contributed by atoms with Crippen LogP contribution in [-0.2, 0) is 10.0 Å². The number of nitrogens with zero attached hydrogens (tertiary/aromatic N) is 2. The van der Waals surface area contributed by atoms with Crippen LogP contribution in [0.5, 0.6) is 11.5 Å². The topological polar surface area (TPSA) is 97.8 Å². The molecule has 1 aliphatic rings. The Bertz CT molecular complexity index is 1200. The molecule has 1 saturated heterocycles. The van der Waals surface area contributed by atoms with E-state index in [2.05, 4.69) is 10.3 Å². The highest BCUT2D eigenvalue weighted by Gasteiger charge is 2.31. The van der Waals surface area contributed by atoms with Gasteiger partial charge in [-0.1, -0.05) is 17.8 Å². The van der Waals surface area contributed by atoms with E-state index in [0.717, 1.165) is 24.0 Å². The second-order valence-corrected chi connectivity index (χ2v) is 10.5. The molecule has 2 aromatic carbocycles. The van der Waals surface area contributed by atoms with E-state index in [1.165, 1.54) is 35.6 Å². The molecule has 1 atom stereocenters. The third-order valence-electron chi connectivity index (χ3n) is 5.60. The number of benzene rings is 2. The van der Waals surface area contributed by atoms with Crippen LogP contribution in [0.25, 0.3) is 10.2 Å². The zero-order valence-electron chi connectivity index (χ0n) is 18.1. The number of aromatic nitrogens is 1. The summed E-state index contributed by atoms with van der Waals surface area (Å²) in [4.78, 5) is 17.4. The molecule has 1 N–H and O–H groups in total. The molecule has 0 radical (unpaired) electrons. The van der Waals surface area contributed by atoms with Crippen LogP contribution in [0, 0.1) is 0 Å². The van der Waals surface area contributed by atoms with Gasteiger partial charge in [-0.25, -0.2) is 13.4 Å². The maximum absolute atomic E-state index is 13.0. The molecule has 1 aliphatic heterocycles. The molecule has 170 valence electrons. The van der Waals surface area contributed by atoms with E-state index < -0.39 is 10.0 Å². The number of anilines is 1. The van der Waals surface area contributed by atoms with Crippen molar-refractivity contribution in [2.45, 2.75) is 37.1 Å². The number of hydrogen-bond acceptors (Lipinski definition) is 7. The molecule has 0 bridgehead atoms. The minimum Gasteiger partial charge on any atom is -0.495 e. The lowest BCUT2D eigenvalue weighted by Crippen LogP contribution is -2.41. The quantitative estimate of drug-likeness (QED) is 0.576. The number of thiazole rings is 1. The zero-order valence-corrected chi connectivity index (χ0v) is 19.8. The van der Waals surface area contributed by atoms with Gasteiger partial charge < -0.3 is 9.47 Å². The molecular weight excluding hydrogens is 450 g/mol. The summed E-state index contributed by atoms with van der Waals surface area (Å²) in [5.41, 5.74) is 0.943. The molecule has 8 nitrogen and oxygen atoms in total. The molecule has 1 amide bonds. The molecule has 1 fully saturated rings. The minimum absolute atomic E-state index is 0.0234. The first-order valence-corrected chi connectivity index (χ1v) is 12.6. The lowest BCUT2D eigenvalue weighted by molar-refractivity contribution is 0.102. The molecule has 1 aromatic heterocycles. The molecule has 3 aromatic rings. The van der Waals surface area contributed by atoms with Crippen molar-refractivity contribution in [3.63, 3.8) is 0 Å². The van der Waals surface area contributed by atoms with E-state index in [1.54, 1.807) is 30.7 Å². The summed E-state index contributed by atoms with van der Waals surface area (Å²) in [5.74, 6) is 0.844. The van der Waals surface area contributed by atoms with E-state index >= 15 is 0 Å². The lowest BCUT2D eigenvalue weighted by Gasteiger charge is -2.32. The number of carbonyl (C=O) groups is 1. The average molecular weight is 476 g/mol. The van der Waals surface area contributed by atoms with Crippen molar-refractivity contribution in [1.29, 1.82) is 0 Å². The summed E-state index contributed by atoms with van der Waals surface area (Å²) in [6, 6.07) is 9.52. The Morgan fingerprint density at radius 1 is 1.09 bits per heavy atom. The molecule has 2 heterocycles. The van der Waals surface area contributed by atoms with Gasteiger partial charge in [0.1, 0.15) is 21.7 Å². The fraction of sp³-hybridized carbons (Fsp3) is 0.364. The van der Waals surface area contributed by atoms with Gasteiger partial charge in [0.15, 0.2) is 5.13 Å². The maximum Gasteiger partial charge on any atom is 0.257 e. The second-order valence-electron chi connectivity index (χ2n) is 7.61. The van der Waals surface area contributed by atoms with Gasteiger partial charge in [0.05, 0.1) is 19.1 Å². The van der Waals surface area contributed by atoms with Gasteiger partial charge in [0, 0.05) is 18.2 Å². The van der Waals surface area contributed by atoms with Crippen molar-refractivity contribution in [3.8, 4) is 11.5 Å². The fourth-order valence-electron chi connectivity index (χ4n) is 3.85. The minimum atomic E-state index is -3.58. The van der Waals surface area contributed by atoms with Gasteiger partial charge >= 0.3 is 0 Å². The van der Waals surface area contributed by atoms with Crippen molar-refractivity contribution >= 4 is 42.6 Å². The van der Waals surface area contributed by atoms with Crippen LogP contribution in [0.4, 0.5) is 5.13 Å². The van der Waals surface area contributed by atoms with Crippen LogP contribution in [0.2, 0.25) is 0 Å². The monoisotopic (exact) mass is 475 g/mol. The van der Waals surface area contributed by atoms with Crippen LogP contribution in [-0.4, -0.2) is 50.4 Å². The summed E-state index contributed by atoms with van der Waals surface area (Å²) in [6.45, 7) is 2.46. The number of nitrogens with one attached hydrogen (secondary N) is 1. The van der Waals surface area contributed by atoms with Crippen molar-refractivity contribution < 1.29 is 22.7 Å². The highest BCUT2D eigenvalue weighted by Crippen LogP contribution is 2.39. The zero-order chi connectivity index (χ0) is 22.9. The third kappa shape index (κ3) is 4.17.